The van der Waals surface area contributed by atoms with E-state index in [2.05, 4.69) is 10.3 Å². The van der Waals surface area contributed by atoms with Gasteiger partial charge in [0.15, 0.2) is 0 Å². The minimum atomic E-state index is -0.0798. The third kappa shape index (κ3) is 2.71. The number of nitrogens with zero attached hydrogens (tertiary/aromatic N) is 2. The number of nitrogens with one attached hydrogen (secondary N) is 1. The lowest BCUT2D eigenvalue weighted by molar-refractivity contribution is 0.311. The molecule has 0 saturated heterocycles. The van der Waals surface area contributed by atoms with Crippen LogP contribution in [0.3, 0.4) is 0 Å². The molecule has 0 unspecified atom stereocenters. The molecular weight excluding hydrogens is 350 g/mol. The molecule has 132 valence electrons. The summed E-state index contributed by atoms with van der Waals surface area (Å²) in [6.07, 6.45) is 3.49. The molecule has 1 aromatic carbocycles. The van der Waals surface area contributed by atoms with Crippen LogP contribution in [0.4, 0.5) is 5.69 Å². The van der Waals surface area contributed by atoms with Gasteiger partial charge in [-0.25, -0.2) is 4.98 Å². The van der Waals surface area contributed by atoms with E-state index in [1.807, 2.05) is 36.4 Å². The first-order valence-electron chi connectivity index (χ1n) is 8.15. The number of anilines is 1. The zero-order chi connectivity index (χ0) is 18.1. The third-order valence-electron chi connectivity index (χ3n) is 4.21. The lowest BCUT2D eigenvalue weighted by Crippen LogP contribution is -2.16. The first kappa shape index (κ1) is 16.6. The van der Waals surface area contributed by atoms with Gasteiger partial charge in [0.05, 0.1) is 13.7 Å². The Morgan fingerprint density at radius 2 is 2.04 bits per heavy atom. The first-order valence-corrected chi connectivity index (χ1v) is 8.96. The van der Waals surface area contributed by atoms with Gasteiger partial charge in [-0.3, -0.25) is 9.36 Å². The van der Waals surface area contributed by atoms with Crippen LogP contribution in [0, 0.1) is 0 Å². The molecule has 7 heteroatoms. The Bertz CT molecular complexity index is 1130. The lowest BCUT2D eigenvalue weighted by Gasteiger charge is -2.08. The number of thiophene rings is 1. The molecule has 3 aromatic heterocycles. The minimum absolute atomic E-state index is 0.0379. The van der Waals surface area contributed by atoms with Gasteiger partial charge < -0.3 is 15.2 Å². The van der Waals surface area contributed by atoms with Crippen LogP contribution in [-0.2, 0) is 0 Å². The highest BCUT2D eigenvalue weighted by Gasteiger charge is 2.14. The number of aliphatic hydroxyl groups is 1. The van der Waals surface area contributed by atoms with Crippen LogP contribution in [-0.4, -0.2) is 34.9 Å². The van der Waals surface area contributed by atoms with E-state index in [1.165, 1.54) is 11.3 Å². The van der Waals surface area contributed by atoms with E-state index >= 15 is 0 Å². The molecule has 0 aliphatic rings. The standard InChI is InChI=1S/C19H17N3O3S/c1-25-13-4-2-12(3-5-13)22-10-7-14-16-15(20-9-11-23)6-8-21-18(16)26-17(14)19(22)24/h2-8,10,23H,9,11H2,1H3,(H,20,21). The van der Waals surface area contributed by atoms with E-state index in [1.54, 1.807) is 24.1 Å². The van der Waals surface area contributed by atoms with Crippen molar-refractivity contribution in [1.82, 2.24) is 9.55 Å². The Kier molecular flexibility index (Phi) is 4.32. The molecule has 0 saturated carbocycles. The molecule has 6 nitrogen and oxygen atoms in total. The highest BCUT2D eigenvalue weighted by Crippen LogP contribution is 2.35. The highest BCUT2D eigenvalue weighted by atomic mass is 32.1. The average molecular weight is 367 g/mol. The number of pyridine rings is 2. The summed E-state index contributed by atoms with van der Waals surface area (Å²) < 4.78 is 7.45. The molecule has 3 heterocycles. The van der Waals surface area contributed by atoms with Gasteiger partial charge in [-0.2, -0.15) is 0 Å². The number of hydrogen-bond acceptors (Lipinski definition) is 6. The van der Waals surface area contributed by atoms with E-state index < -0.39 is 0 Å². The predicted molar refractivity (Wildman–Crippen MR) is 105 cm³/mol. The largest absolute Gasteiger partial charge is 0.497 e. The summed E-state index contributed by atoms with van der Waals surface area (Å²) in [6, 6.07) is 11.2. The van der Waals surface area contributed by atoms with Crippen LogP contribution in [0.15, 0.2) is 53.6 Å². The van der Waals surface area contributed by atoms with E-state index in [0.29, 0.717) is 11.2 Å². The van der Waals surface area contributed by atoms with Gasteiger partial charge in [0.25, 0.3) is 5.56 Å². The quantitative estimate of drug-likeness (QED) is 0.567. The van der Waals surface area contributed by atoms with Crippen LogP contribution in [0.1, 0.15) is 0 Å². The molecule has 0 aliphatic carbocycles. The second kappa shape index (κ2) is 6.78. The van der Waals surface area contributed by atoms with Crippen LogP contribution in [0.25, 0.3) is 26.0 Å². The van der Waals surface area contributed by atoms with E-state index in [4.69, 9.17) is 9.84 Å². The molecule has 0 amide bonds. The van der Waals surface area contributed by atoms with Gasteiger partial charge in [-0.15, -0.1) is 11.3 Å². The zero-order valence-corrected chi connectivity index (χ0v) is 14.9. The fourth-order valence-corrected chi connectivity index (χ4v) is 4.07. The minimum Gasteiger partial charge on any atom is -0.497 e. The normalized spacial score (nSPS) is 11.2. The fourth-order valence-electron chi connectivity index (χ4n) is 2.97. The molecule has 4 rings (SSSR count). The summed E-state index contributed by atoms with van der Waals surface area (Å²) in [7, 11) is 1.61. The second-order valence-corrected chi connectivity index (χ2v) is 6.72. The maximum Gasteiger partial charge on any atom is 0.273 e. The fraction of sp³-hybridized carbons (Fsp3) is 0.158. The van der Waals surface area contributed by atoms with Crippen molar-refractivity contribution < 1.29 is 9.84 Å². The molecule has 0 radical (unpaired) electrons. The van der Waals surface area contributed by atoms with Gasteiger partial charge >= 0.3 is 0 Å². The molecule has 4 aromatic rings. The maximum absolute atomic E-state index is 13.0. The Balaban J connectivity index is 1.90. The Hall–Kier alpha value is -2.90. The number of ether oxygens (including phenoxy) is 1. The van der Waals surface area contributed by atoms with Gasteiger partial charge in [0.1, 0.15) is 15.3 Å². The maximum atomic E-state index is 13.0. The number of hydrogen-bond donors (Lipinski definition) is 2. The summed E-state index contributed by atoms with van der Waals surface area (Å²) in [5.41, 5.74) is 1.57. The molecular formula is C19H17N3O3S. The summed E-state index contributed by atoms with van der Waals surface area (Å²) in [5.74, 6) is 0.744. The van der Waals surface area contributed by atoms with Crippen LogP contribution < -0.4 is 15.6 Å². The molecule has 0 atom stereocenters. The zero-order valence-electron chi connectivity index (χ0n) is 14.1. The Morgan fingerprint density at radius 3 is 2.77 bits per heavy atom. The monoisotopic (exact) mass is 367 g/mol. The van der Waals surface area contributed by atoms with Crippen LogP contribution in [0.5, 0.6) is 5.75 Å². The molecule has 26 heavy (non-hydrogen) atoms. The highest BCUT2D eigenvalue weighted by molar-refractivity contribution is 7.25. The number of benzene rings is 1. The molecule has 0 bridgehead atoms. The van der Waals surface area contributed by atoms with Crippen molar-refractivity contribution in [2.75, 3.05) is 25.6 Å². The molecule has 0 spiro atoms. The average Bonchev–Trinajstić information content (AvgIpc) is 3.07. The van der Waals surface area contributed by atoms with Crippen molar-refractivity contribution in [2.45, 2.75) is 0 Å². The summed E-state index contributed by atoms with van der Waals surface area (Å²) >= 11 is 1.38. The van der Waals surface area contributed by atoms with E-state index in [0.717, 1.165) is 32.7 Å². The lowest BCUT2D eigenvalue weighted by atomic mass is 10.2. The molecule has 0 fully saturated rings. The number of rotatable bonds is 5. The second-order valence-electron chi connectivity index (χ2n) is 5.72. The van der Waals surface area contributed by atoms with Crippen molar-refractivity contribution in [3.63, 3.8) is 0 Å². The SMILES string of the molecule is COc1ccc(-n2ccc3c(sc4nccc(NCCO)c43)c2=O)cc1. The summed E-state index contributed by atoms with van der Waals surface area (Å²) in [4.78, 5) is 18.2. The van der Waals surface area contributed by atoms with E-state index in [-0.39, 0.29) is 12.2 Å². The Labute approximate surface area is 153 Å². The van der Waals surface area contributed by atoms with Gasteiger partial charge in [0, 0.05) is 41.1 Å². The molecule has 2 N–H and O–H groups in total. The predicted octanol–water partition coefficient (Wildman–Crippen LogP) is 3.01. The van der Waals surface area contributed by atoms with Gasteiger partial charge in [-0.05, 0) is 36.4 Å². The third-order valence-corrected chi connectivity index (χ3v) is 5.31. The smallest absolute Gasteiger partial charge is 0.273 e. The number of fused-ring (bicyclic) bond motifs is 3. The van der Waals surface area contributed by atoms with Crippen molar-refractivity contribution in [3.8, 4) is 11.4 Å². The van der Waals surface area contributed by atoms with Crippen molar-refractivity contribution in [3.05, 3.63) is 59.1 Å². The number of methoxy groups -OCH3 is 1. The van der Waals surface area contributed by atoms with Gasteiger partial charge in [-0.1, -0.05) is 0 Å². The van der Waals surface area contributed by atoms with Crippen molar-refractivity contribution in [2.24, 2.45) is 0 Å². The van der Waals surface area contributed by atoms with Gasteiger partial charge in [0.2, 0.25) is 0 Å². The van der Waals surface area contributed by atoms with E-state index in [9.17, 15) is 4.79 Å². The summed E-state index contributed by atoms with van der Waals surface area (Å²) in [6.45, 7) is 0.482. The number of aromatic nitrogens is 2. The van der Waals surface area contributed by atoms with Crippen molar-refractivity contribution in [1.29, 1.82) is 0 Å². The topological polar surface area (TPSA) is 76.4 Å². The van der Waals surface area contributed by atoms with Crippen molar-refractivity contribution >= 4 is 37.3 Å². The summed E-state index contributed by atoms with van der Waals surface area (Å²) in [5, 5.41) is 14.0. The van der Waals surface area contributed by atoms with Crippen LogP contribution in [0.2, 0.25) is 0 Å². The molecule has 0 aliphatic heterocycles. The Morgan fingerprint density at radius 1 is 1.23 bits per heavy atom. The number of aliphatic hydroxyl groups excluding tert-OH is 1. The first-order chi connectivity index (χ1) is 12.7. The van der Waals surface area contributed by atoms with Crippen LogP contribution >= 0.6 is 11.3 Å².